The molecule has 1 saturated heterocycles. The average molecular weight is 762 g/mol. The molecular weight excluding hydrogens is 721 g/mol. The van der Waals surface area contributed by atoms with Crippen molar-refractivity contribution in [2.75, 3.05) is 18.8 Å². The Morgan fingerprint density at radius 1 is 1.25 bits per heavy atom. The summed E-state index contributed by atoms with van der Waals surface area (Å²) < 4.78 is 44.0. The van der Waals surface area contributed by atoms with E-state index in [0.29, 0.717) is 30.3 Å². The summed E-state index contributed by atoms with van der Waals surface area (Å²) in [5.41, 5.74) is 17.2. The molecule has 2 amide bonds. The maximum Gasteiger partial charge on any atom is 0.418 e. The van der Waals surface area contributed by atoms with Gasteiger partial charge in [0.2, 0.25) is 0 Å². The number of nitrogens with two attached hydrogens (primary N) is 3. The molecule has 0 saturated carbocycles. The predicted octanol–water partition coefficient (Wildman–Crippen LogP) is 0.0907. The summed E-state index contributed by atoms with van der Waals surface area (Å²) in [5.74, 6) is -2.79. The Bertz CT molecular complexity index is 2020. The monoisotopic (exact) mass is 761 g/mol. The SMILES string of the molecule is C[n+]1cc(-c2ccc3c(c2)CC[C@H]([C@](C)(O/N=C(\C(=O)N[C@@H]2C(=O)N(OS(=O)(=O)O)C2(C)C)c2csc(N)n2)C(=O)O)O3)ccc1CC(CN)CN. The number of aromatic nitrogens is 2. The molecule has 2 aromatic heterocycles. The van der Waals surface area contributed by atoms with Crippen molar-refractivity contribution in [3.63, 3.8) is 0 Å². The summed E-state index contributed by atoms with van der Waals surface area (Å²) >= 11 is 0.970. The highest BCUT2D eigenvalue weighted by molar-refractivity contribution is 7.80. The number of rotatable bonds is 14. The van der Waals surface area contributed by atoms with Crippen LogP contribution in [0.2, 0.25) is 0 Å². The van der Waals surface area contributed by atoms with Gasteiger partial charge in [0.1, 0.15) is 24.5 Å². The number of carboxylic acids is 1. The molecule has 0 radical (unpaired) electrons. The van der Waals surface area contributed by atoms with Crippen LogP contribution in [0.25, 0.3) is 11.1 Å². The van der Waals surface area contributed by atoms with Crippen molar-refractivity contribution in [3.8, 4) is 16.9 Å². The summed E-state index contributed by atoms with van der Waals surface area (Å²) in [4.78, 5) is 48.6. The van der Waals surface area contributed by atoms with Crippen molar-refractivity contribution >= 4 is 50.4 Å². The summed E-state index contributed by atoms with van der Waals surface area (Å²) in [6.07, 6.45) is 2.40. The second kappa shape index (κ2) is 14.7. The van der Waals surface area contributed by atoms with Gasteiger partial charge in [0.15, 0.2) is 28.8 Å². The first kappa shape index (κ1) is 38.5. The molecule has 1 aromatic carbocycles. The zero-order valence-corrected chi connectivity index (χ0v) is 30.4. The Morgan fingerprint density at radius 2 is 1.94 bits per heavy atom. The minimum absolute atomic E-state index is 0.0624. The van der Waals surface area contributed by atoms with Crippen LogP contribution in [0.1, 0.15) is 44.1 Å². The first-order valence-electron chi connectivity index (χ1n) is 16.1. The Balaban J connectivity index is 1.35. The first-order valence-corrected chi connectivity index (χ1v) is 18.3. The normalized spacial score (nSPS) is 19.7. The number of carbonyl (C=O) groups is 3. The zero-order valence-electron chi connectivity index (χ0n) is 28.8. The van der Waals surface area contributed by atoms with Gasteiger partial charge < -0.3 is 37.2 Å². The van der Waals surface area contributed by atoms with Crippen molar-refractivity contribution in [2.45, 2.75) is 63.3 Å². The van der Waals surface area contributed by atoms with Gasteiger partial charge in [0, 0.05) is 23.4 Å². The molecule has 20 heteroatoms. The van der Waals surface area contributed by atoms with Gasteiger partial charge in [-0.15, -0.1) is 15.6 Å². The van der Waals surface area contributed by atoms with E-state index in [9.17, 15) is 27.9 Å². The second-order valence-corrected chi connectivity index (χ2v) is 15.1. The lowest BCUT2D eigenvalue weighted by atomic mass is 9.84. The number of fused-ring (bicyclic) bond motifs is 1. The van der Waals surface area contributed by atoms with Crippen molar-refractivity contribution in [1.82, 2.24) is 15.4 Å². The molecule has 1 fully saturated rings. The standard InChI is InChI=1S/C32H40N8O10S2/c1-31(2)26(28(42)40(31)50-52(45,46)47)37-27(41)25(22-16-51-30(35)36-22)38-49-32(3,29(43)44)24-10-7-19-12-18(6-9-23(19)48-24)20-5-8-21(39(4)15-20)11-17(13-33)14-34/h5-6,8-9,12,15-17,24,26H,7,10-11,13-14,33-34H2,1-4H3,(H4-,35,36,37,41,43,44,45,46,47)/p+1/b38-25-/t24-,26-,32+/m1/s1. The van der Waals surface area contributed by atoms with Crippen molar-refractivity contribution in [3.05, 3.63) is 58.9 Å². The highest BCUT2D eigenvalue weighted by Gasteiger charge is 2.58. The van der Waals surface area contributed by atoms with Crippen LogP contribution in [0, 0.1) is 5.92 Å². The molecule has 0 bridgehead atoms. The van der Waals surface area contributed by atoms with Crippen LogP contribution in [0.3, 0.4) is 0 Å². The summed E-state index contributed by atoms with van der Waals surface area (Å²) in [6, 6.07) is 8.35. The third kappa shape index (κ3) is 7.86. The number of aryl methyl sites for hydroxylation is 2. The Morgan fingerprint density at radius 3 is 2.52 bits per heavy atom. The molecule has 18 nitrogen and oxygen atoms in total. The molecule has 280 valence electrons. The minimum Gasteiger partial charge on any atom is -0.485 e. The number of ether oxygens (including phenoxy) is 1. The summed E-state index contributed by atoms with van der Waals surface area (Å²) in [7, 11) is -3.07. The lowest BCUT2D eigenvalue weighted by molar-refractivity contribution is -0.679. The van der Waals surface area contributed by atoms with Gasteiger partial charge in [-0.3, -0.25) is 14.1 Å². The van der Waals surface area contributed by atoms with E-state index in [-0.39, 0.29) is 23.2 Å². The fourth-order valence-electron chi connectivity index (χ4n) is 5.93. The third-order valence-corrected chi connectivity index (χ3v) is 10.2. The van der Waals surface area contributed by atoms with Gasteiger partial charge >= 0.3 is 16.4 Å². The second-order valence-electron chi connectivity index (χ2n) is 13.2. The number of carboxylic acid groups (broad SMARTS) is 1. The lowest BCUT2D eigenvalue weighted by Crippen LogP contribution is -2.76. The van der Waals surface area contributed by atoms with Gasteiger partial charge in [-0.1, -0.05) is 11.2 Å². The number of pyridine rings is 1. The van der Waals surface area contributed by atoms with Crippen LogP contribution in [0.4, 0.5) is 5.13 Å². The number of nitrogens with one attached hydrogen (secondary N) is 1. The van der Waals surface area contributed by atoms with Crippen molar-refractivity contribution in [1.29, 1.82) is 0 Å². The van der Waals surface area contributed by atoms with E-state index in [4.69, 9.17) is 31.3 Å². The summed E-state index contributed by atoms with van der Waals surface area (Å²) in [6.45, 7) is 5.01. The molecule has 2 aliphatic rings. The van der Waals surface area contributed by atoms with E-state index in [1.807, 2.05) is 42.1 Å². The number of hydroxylamine groups is 2. The number of β-lactam (4-membered cyclic amide) rings is 1. The molecule has 0 spiro atoms. The van der Waals surface area contributed by atoms with Crippen LogP contribution < -0.4 is 31.8 Å². The van der Waals surface area contributed by atoms with Crippen LogP contribution in [0.15, 0.2) is 47.1 Å². The molecule has 5 rings (SSSR count). The van der Waals surface area contributed by atoms with Crippen LogP contribution in [-0.2, 0) is 53.8 Å². The molecule has 0 unspecified atom stereocenters. The molecular formula is C32H41N8O10S2+. The number of nitrogens with zero attached hydrogens (tertiary/aromatic N) is 4. The molecule has 3 aromatic rings. The highest BCUT2D eigenvalue weighted by atomic mass is 32.3. The van der Waals surface area contributed by atoms with E-state index < -0.39 is 57.2 Å². The fraction of sp³-hybridized carbons (Fsp3) is 0.438. The molecule has 2 aliphatic heterocycles. The van der Waals surface area contributed by atoms with Gasteiger partial charge in [0.05, 0.1) is 5.54 Å². The number of thiazole rings is 1. The molecule has 52 heavy (non-hydrogen) atoms. The number of amides is 2. The number of oxime groups is 1. The maximum atomic E-state index is 13.5. The third-order valence-electron chi connectivity index (χ3n) is 9.21. The summed E-state index contributed by atoms with van der Waals surface area (Å²) in [5, 5.41) is 18.5. The van der Waals surface area contributed by atoms with Crippen molar-refractivity contribution < 1.29 is 50.9 Å². The highest BCUT2D eigenvalue weighted by Crippen LogP contribution is 2.37. The minimum atomic E-state index is -5.03. The van der Waals surface area contributed by atoms with E-state index in [1.54, 1.807) is 6.07 Å². The van der Waals surface area contributed by atoms with Crippen LogP contribution >= 0.6 is 11.3 Å². The Hall–Kier alpha value is -4.73. The van der Waals surface area contributed by atoms with E-state index in [0.717, 1.165) is 40.1 Å². The number of hydrogen-bond donors (Lipinski definition) is 6. The predicted molar refractivity (Wildman–Crippen MR) is 187 cm³/mol. The first-order chi connectivity index (χ1) is 24.4. The largest absolute Gasteiger partial charge is 0.485 e. The molecule has 4 heterocycles. The van der Waals surface area contributed by atoms with Crippen LogP contribution in [-0.4, -0.2) is 88.0 Å². The average Bonchev–Trinajstić information content (AvgIpc) is 3.53. The van der Waals surface area contributed by atoms with Gasteiger partial charge in [-0.05, 0) is 81.9 Å². The molecule has 0 aliphatic carbocycles. The Kier molecular flexibility index (Phi) is 10.9. The molecule has 9 N–H and O–H groups in total. The number of carbonyl (C=O) groups excluding carboxylic acids is 2. The smallest absolute Gasteiger partial charge is 0.418 e. The van der Waals surface area contributed by atoms with E-state index in [1.165, 1.54) is 26.2 Å². The maximum absolute atomic E-state index is 13.5. The van der Waals surface area contributed by atoms with Gasteiger partial charge in [-0.25, -0.2) is 14.3 Å². The van der Waals surface area contributed by atoms with Gasteiger partial charge in [0.25, 0.3) is 17.4 Å². The number of nitrogen functional groups attached to an aromatic ring is 1. The van der Waals surface area contributed by atoms with Crippen LogP contribution in [0.5, 0.6) is 5.75 Å². The number of benzene rings is 1. The molecule has 3 atom stereocenters. The number of aliphatic carboxylic acids is 1. The quantitative estimate of drug-likeness (QED) is 0.0418. The van der Waals surface area contributed by atoms with Gasteiger partial charge in [-0.2, -0.15) is 13.5 Å². The lowest BCUT2D eigenvalue weighted by Gasteiger charge is -2.50. The van der Waals surface area contributed by atoms with E-state index >= 15 is 0 Å². The fourth-order valence-corrected chi connectivity index (χ4v) is 6.93. The Labute approximate surface area is 303 Å². The topological polar surface area (TPSA) is 276 Å². The number of hydrogen-bond acceptors (Lipinski definition) is 14. The number of anilines is 1. The van der Waals surface area contributed by atoms with Crippen molar-refractivity contribution in [2.24, 2.45) is 29.6 Å². The zero-order chi connectivity index (χ0) is 38.2. The van der Waals surface area contributed by atoms with E-state index in [2.05, 4.69) is 19.7 Å².